The zero-order valence-corrected chi connectivity index (χ0v) is 16.4. The number of H-pyrrole nitrogens is 1. The summed E-state index contributed by atoms with van der Waals surface area (Å²) in [7, 11) is 0. The monoisotopic (exact) mass is 448 g/mol. The lowest BCUT2D eigenvalue weighted by Gasteiger charge is -2.05. The van der Waals surface area contributed by atoms with Crippen molar-refractivity contribution in [2.75, 3.05) is 0 Å². The van der Waals surface area contributed by atoms with Crippen molar-refractivity contribution < 1.29 is 22.0 Å². The molecule has 150 valence electrons. The Hall–Kier alpha value is -3.04. The Labute approximate surface area is 174 Å². The molecule has 30 heavy (non-hydrogen) atoms. The van der Waals surface area contributed by atoms with E-state index in [-0.39, 0.29) is 0 Å². The van der Waals surface area contributed by atoms with Gasteiger partial charge in [0.15, 0.2) is 23.3 Å². The first-order chi connectivity index (χ1) is 14.5. The molecule has 0 saturated carbocycles. The molecule has 0 spiro atoms. The molecule has 9 heteroatoms. The van der Waals surface area contributed by atoms with E-state index in [0.29, 0.717) is 22.2 Å². The van der Waals surface area contributed by atoms with Crippen molar-refractivity contribution in [2.45, 2.75) is 0 Å². The fraction of sp³-hybridized carbons (Fsp3) is 0. The van der Waals surface area contributed by atoms with Crippen LogP contribution in [0.4, 0.5) is 22.0 Å². The van der Waals surface area contributed by atoms with Gasteiger partial charge >= 0.3 is 0 Å². The van der Waals surface area contributed by atoms with Crippen molar-refractivity contribution in [1.29, 1.82) is 0 Å². The topological polar surface area (TPSA) is 28.7 Å². The second kappa shape index (κ2) is 7.03. The molecule has 0 amide bonds. The fourth-order valence-corrected chi connectivity index (χ4v) is 4.80. The molecule has 2 aromatic carbocycles. The van der Waals surface area contributed by atoms with Crippen molar-refractivity contribution in [1.82, 2.24) is 9.97 Å². The molecule has 0 radical (unpaired) electrons. The van der Waals surface area contributed by atoms with E-state index < -0.39 is 40.5 Å². The van der Waals surface area contributed by atoms with Gasteiger partial charge in [-0.15, -0.1) is 22.7 Å². The molecule has 3 aromatic heterocycles. The zero-order valence-electron chi connectivity index (χ0n) is 14.8. The van der Waals surface area contributed by atoms with Gasteiger partial charge in [-0.2, -0.15) is 0 Å². The van der Waals surface area contributed by atoms with Crippen LogP contribution in [0.1, 0.15) is 0 Å². The van der Waals surface area contributed by atoms with Gasteiger partial charge in [-0.1, -0.05) is 24.3 Å². The highest BCUT2D eigenvalue weighted by atomic mass is 32.1. The number of halogens is 5. The van der Waals surface area contributed by atoms with Gasteiger partial charge in [0.05, 0.1) is 16.6 Å². The summed E-state index contributed by atoms with van der Waals surface area (Å²) in [4.78, 5) is 8.77. The van der Waals surface area contributed by atoms with Crippen LogP contribution in [0.5, 0.6) is 0 Å². The predicted octanol–water partition coefficient (Wildman–Crippen LogP) is 7.38. The van der Waals surface area contributed by atoms with E-state index in [4.69, 9.17) is 0 Å². The average Bonchev–Trinajstić information content (AvgIpc) is 3.51. The van der Waals surface area contributed by atoms with Gasteiger partial charge in [0.1, 0.15) is 5.82 Å². The normalized spacial score (nSPS) is 11.5. The van der Waals surface area contributed by atoms with Gasteiger partial charge in [-0.25, -0.2) is 26.9 Å². The minimum absolute atomic E-state index is 0.377. The molecular weight excluding hydrogens is 439 g/mol. The molecule has 5 aromatic rings. The van der Waals surface area contributed by atoms with E-state index >= 15 is 0 Å². The summed E-state index contributed by atoms with van der Waals surface area (Å²) in [6, 6.07) is 11.1. The third-order valence-corrected chi connectivity index (χ3v) is 6.47. The number of imidazole rings is 1. The summed E-state index contributed by atoms with van der Waals surface area (Å²) >= 11 is 2.89. The van der Waals surface area contributed by atoms with Gasteiger partial charge in [0, 0.05) is 20.9 Å². The number of hydrogen-bond donors (Lipinski definition) is 1. The molecule has 3 heterocycles. The minimum atomic E-state index is -2.21. The number of hydrogen-bond acceptors (Lipinski definition) is 3. The summed E-state index contributed by atoms with van der Waals surface area (Å²) in [5.41, 5.74) is 1.14. The maximum Gasteiger partial charge on any atom is 0.200 e. The highest BCUT2D eigenvalue weighted by molar-refractivity contribution is 7.14. The Morgan fingerprint density at radius 1 is 0.667 bits per heavy atom. The lowest BCUT2D eigenvalue weighted by Crippen LogP contribution is -2.04. The lowest BCUT2D eigenvalue weighted by atomic mass is 10.1. The summed E-state index contributed by atoms with van der Waals surface area (Å²) in [5, 5.41) is 3.74. The molecule has 1 N–H and O–H groups in total. The fourth-order valence-electron chi connectivity index (χ4n) is 3.29. The molecule has 0 bridgehead atoms. The van der Waals surface area contributed by atoms with E-state index in [1.54, 1.807) is 0 Å². The molecule has 0 fully saturated rings. The molecule has 0 aliphatic heterocycles. The standard InChI is InChI=1S/C21H9F5N2S2/c22-14-13(15(23)17(25)18(26)16(14)24)21-27-19-9(11-3-1-7-29-11)5-6-10(20(19)28-21)12-4-2-8-30-12/h1-8H,(H,27,28). The van der Waals surface area contributed by atoms with Crippen molar-refractivity contribution in [3.8, 4) is 32.3 Å². The number of fused-ring (bicyclic) bond motifs is 1. The van der Waals surface area contributed by atoms with Gasteiger partial charge in [-0.05, 0) is 22.9 Å². The minimum Gasteiger partial charge on any atom is -0.337 e. The van der Waals surface area contributed by atoms with Crippen LogP contribution < -0.4 is 0 Å². The molecule has 0 atom stereocenters. The molecule has 5 rings (SSSR count). The maximum atomic E-state index is 14.4. The molecule has 0 saturated heterocycles. The number of benzene rings is 2. The second-order valence-corrected chi connectivity index (χ2v) is 8.26. The van der Waals surface area contributed by atoms with Gasteiger partial charge in [0.25, 0.3) is 0 Å². The SMILES string of the molecule is Fc1c(F)c(F)c(-c2nc3c(-c4cccs4)ccc(-c4cccs4)c3[nH]2)c(F)c1F. The molecule has 0 aliphatic rings. The van der Waals surface area contributed by atoms with Crippen LogP contribution in [0.2, 0.25) is 0 Å². The number of aromatic nitrogens is 2. The van der Waals surface area contributed by atoms with Crippen LogP contribution in [0.15, 0.2) is 47.2 Å². The van der Waals surface area contributed by atoms with Crippen LogP contribution in [0.25, 0.3) is 43.3 Å². The quantitative estimate of drug-likeness (QED) is 0.174. The Balaban J connectivity index is 1.85. The predicted molar refractivity (Wildman–Crippen MR) is 108 cm³/mol. The van der Waals surface area contributed by atoms with Crippen LogP contribution in [-0.2, 0) is 0 Å². The van der Waals surface area contributed by atoms with Crippen molar-refractivity contribution in [3.63, 3.8) is 0 Å². The second-order valence-electron chi connectivity index (χ2n) is 6.37. The summed E-state index contributed by atoms with van der Waals surface area (Å²) in [6.45, 7) is 0. The van der Waals surface area contributed by atoms with Crippen LogP contribution >= 0.6 is 22.7 Å². The van der Waals surface area contributed by atoms with Crippen LogP contribution in [0.3, 0.4) is 0 Å². The molecule has 0 aliphatic carbocycles. The third-order valence-electron chi connectivity index (χ3n) is 4.66. The van der Waals surface area contributed by atoms with Crippen molar-refractivity contribution in [3.05, 3.63) is 76.2 Å². The van der Waals surface area contributed by atoms with E-state index in [1.807, 2.05) is 47.2 Å². The Morgan fingerprint density at radius 2 is 1.20 bits per heavy atom. The van der Waals surface area contributed by atoms with Crippen LogP contribution in [-0.4, -0.2) is 9.97 Å². The summed E-state index contributed by atoms with van der Waals surface area (Å²) in [5.74, 6) is -10.5. The maximum absolute atomic E-state index is 14.4. The first-order valence-corrected chi connectivity index (χ1v) is 10.4. The smallest absolute Gasteiger partial charge is 0.200 e. The van der Waals surface area contributed by atoms with Crippen LogP contribution in [0, 0.1) is 29.1 Å². The van der Waals surface area contributed by atoms with E-state index in [1.165, 1.54) is 22.7 Å². The van der Waals surface area contributed by atoms with E-state index in [0.717, 1.165) is 9.75 Å². The third kappa shape index (κ3) is 2.77. The number of rotatable bonds is 3. The van der Waals surface area contributed by atoms with Crippen molar-refractivity contribution in [2.24, 2.45) is 0 Å². The number of aromatic amines is 1. The Bertz CT molecular complexity index is 1290. The largest absolute Gasteiger partial charge is 0.337 e. The number of nitrogens with zero attached hydrogens (tertiary/aromatic N) is 1. The highest BCUT2D eigenvalue weighted by Gasteiger charge is 2.29. The van der Waals surface area contributed by atoms with E-state index in [2.05, 4.69) is 9.97 Å². The lowest BCUT2D eigenvalue weighted by molar-refractivity contribution is 0.381. The molecule has 2 nitrogen and oxygen atoms in total. The van der Waals surface area contributed by atoms with Gasteiger partial charge in [0.2, 0.25) is 5.82 Å². The average molecular weight is 448 g/mol. The first kappa shape index (κ1) is 19.0. The number of nitrogens with one attached hydrogen (secondary N) is 1. The Kier molecular flexibility index (Phi) is 4.44. The van der Waals surface area contributed by atoms with Gasteiger partial charge < -0.3 is 4.98 Å². The first-order valence-electron chi connectivity index (χ1n) is 8.59. The molecule has 0 unspecified atom stereocenters. The molecular formula is C21H9F5N2S2. The van der Waals surface area contributed by atoms with E-state index in [9.17, 15) is 22.0 Å². The highest BCUT2D eigenvalue weighted by Crippen LogP contribution is 2.40. The van der Waals surface area contributed by atoms with Gasteiger partial charge in [-0.3, -0.25) is 0 Å². The van der Waals surface area contributed by atoms with Crippen molar-refractivity contribution >= 4 is 33.7 Å². The summed E-state index contributed by atoms with van der Waals surface area (Å²) in [6.07, 6.45) is 0. The zero-order chi connectivity index (χ0) is 21.0. The summed E-state index contributed by atoms with van der Waals surface area (Å²) < 4.78 is 69.7. The number of thiophene rings is 2. The Morgan fingerprint density at radius 3 is 1.77 bits per heavy atom.